The minimum atomic E-state index is -1.08. The first kappa shape index (κ1) is 16.4. The van der Waals surface area contributed by atoms with Gasteiger partial charge in [0.25, 0.3) is 11.8 Å². The number of hydrogen-bond donors (Lipinski definition) is 1. The Morgan fingerprint density at radius 2 is 1.87 bits per heavy atom. The van der Waals surface area contributed by atoms with Crippen LogP contribution in [0.15, 0.2) is 41.1 Å². The maximum Gasteiger partial charge on any atom is 0.385 e. The summed E-state index contributed by atoms with van der Waals surface area (Å²) in [6.45, 7) is 3.31. The predicted octanol–water partition coefficient (Wildman–Crippen LogP) is 2.14. The van der Waals surface area contributed by atoms with E-state index in [0.717, 1.165) is 5.56 Å². The third-order valence-electron chi connectivity index (χ3n) is 3.24. The summed E-state index contributed by atoms with van der Waals surface area (Å²) >= 11 is 0. The second-order valence-electron chi connectivity index (χ2n) is 4.88. The molecule has 1 aliphatic rings. The van der Waals surface area contributed by atoms with Crippen LogP contribution < -0.4 is 0 Å². The highest BCUT2D eigenvalue weighted by Crippen LogP contribution is 2.20. The molecule has 1 aliphatic heterocycles. The number of aliphatic imine (C=N–C) groups is 1. The summed E-state index contributed by atoms with van der Waals surface area (Å²) in [4.78, 5) is 44.1. The van der Waals surface area contributed by atoms with Gasteiger partial charge in [0.2, 0.25) is 0 Å². The number of aliphatic hydroxyl groups is 1. The van der Waals surface area contributed by atoms with Crippen molar-refractivity contribution in [2.45, 2.75) is 26.7 Å². The summed E-state index contributed by atoms with van der Waals surface area (Å²) in [6.07, 6.45) is 1.25. The van der Waals surface area contributed by atoms with E-state index in [1.807, 2.05) is 6.07 Å². The smallest absolute Gasteiger partial charge is 0.385 e. The monoisotopic (exact) mass is 316 g/mol. The van der Waals surface area contributed by atoms with Crippen LogP contribution in [0.5, 0.6) is 0 Å². The van der Waals surface area contributed by atoms with Crippen molar-refractivity contribution in [1.82, 2.24) is 5.06 Å². The summed E-state index contributed by atoms with van der Waals surface area (Å²) < 4.78 is 0. The normalized spacial score (nSPS) is 16.0. The molecule has 2 rings (SSSR count). The summed E-state index contributed by atoms with van der Waals surface area (Å²) in [5.41, 5.74) is 0.872. The molecule has 1 aromatic carbocycles. The molecule has 7 heteroatoms. The van der Waals surface area contributed by atoms with E-state index in [1.165, 1.54) is 13.0 Å². The number of carbonyl (C=O) groups is 3. The minimum absolute atomic E-state index is 0.00795. The Kier molecular flexibility index (Phi) is 4.90. The fourth-order valence-corrected chi connectivity index (χ4v) is 1.94. The summed E-state index contributed by atoms with van der Waals surface area (Å²) in [5, 5.41) is 10.3. The molecule has 1 fully saturated rings. The van der Waals surface area contributed by atoms with Crippen LogP contribution in [0.25, 0.3) is 0 Å². The average Bonchev–Trinajstić information content (AvgIpc) is 2.85. The molecule has 0 aromatic heterocycles. The lowest BCUT2D eigenvalue weighted by molar-refractivity contribution is -0.192. The second-order valence-corrected chi connectivity index (χ2v) is 4.88. The van der Waals surface area contributed by atoms with E-state index < -0.39 is 23.5 Å². The van der Waals surface area contributed by atoms with Crippen molar-refractivity contribution in [3.05, 3.63) is 41.7 Å². The van der Waals surface area contributed by atoms with Gasteiger partial charge >= 0.3 is 5.97 Å². The van der Waals surface area contributed by atoms with Crippen molar-refractivity contribution < 1.29 is 24.3 Å². The Morgan fingerprint density at radius 3 is 2.43 bits per heavy atom. The molecule has 0 unspecified atom stereocenters. The Bertz CT molecular complexity index is 705. The van der Waals surface area contributed by atoms with Crippen molar-refractivity contribution in [2.75, 3.05) is 0 Å². The quantitative estimate of drug-likeness (QED) is 0.521. The van der Waals surface area contributed by atoms with E-state index in [2.05, 4.69) is 4.99 Å². The number of hydroxylamine groups is 2. The first-order valence-corrected chi connectivity index (χ1v) is 7.02. The van der Waals surface area contributed by atoms with Crippen LogP contribution in [0.3, 0.4) is 0 Å². The number of amides is 2. The lowest BCUT2D eigenvalue weighted by Gasteiger charge is -2.13. The van der Waals surface area contributed by atoms with E-state index in [4.69, 9.17) is 4.84 Å². The topological polar surface area (TPSA) is 96.3 Å². The Labute approximate surface area is 132 Å². The lowest BCUT2D eigenvalue weighted by Crippen LogP contribution is -2.35. The molecule has 0 saturated carbocycles. The van der Waals surface area contributed by atoms with Gasteiger partial charge in [0.1, 0.15) is 5.76 Å². The Morgan fingerprint density at radius 1 is 1.26 bits per heavy atom. The van der Waals surface area contributed by atoms with Crippen LogP contribution in [-0.4, -0.2) is 33.7 Å². The van der Waals surface area contributed by atoms with Gasteiger partial charge in [0.05, 0.1) is 5.69 Å². The van der Waals surface area contributed by atoms with E-state index >= 15 is 0 Å². The molecule has 0 atom stereocenters. The number of aliphatic hydroxyl groups excluding tert-OH is 1. The van der Waals surface area contributed by atoms with Gasteiger partial charge in [-0.25, -0.2) is 9.79 Å². The van der Waals surface area contributed by atoms with Gasteiger partial charge in [-0.1, -0.05) is 18.2 Å². The van der Waals surface area contributed by atoms with Crippen LogP contribution in [0.1, 0.15) is 25.3 Å². The molecule has 1 aromatic rings. The van der Waals surface area contributed by atoms with Crippen molar-refractivity contribution in [1.29, 1.82) is 0 Å². The third kappa shape index (κ3) is 3.63. The van der Waals surface area contributed by atoms with Crippen molar-refractivity contribution >= 4 is 29.2 Å². The molecule has 1 saturated heterocycles. The van der Waals surface area contributed by atoms with Gasteiger partial charge < -0.3 is 9.94 Å². The fraction of sp³-hybridized carbons (Fsp3) is 0.250. The lowest BCUT2D eigenvalue weighted by atomic mass is 10.2. The zero-order valence-electron chi connectivity index (χ0n) is 12.8. The minimum Gasteiger partial charge on any atom is -0.506 e. The summed E-state index contributed by atoms with van der Waals surface area (Å²) in [5.74, 6) is -2.68. The molecular formula is C16H16N2O5. The average molecular weight is 316 g/mol. The molecule has 120 valence electrons. The number of benzene rings is 1. The number of imide groups is 1. The largest absolute Gasteiger partial charge is 0.506 e. The van der Waals surface area contributed by atoms with Crippen LogP contribution in [0.4, 0.5) is 5.69 Å². The highest BCUT2D eigenvalue weighted by Gasteiger charge is 2.34. The molecule has 2 amide bonds. The Balaban J connectivity index is 2.32. The number of hydrogen-bond acceptors (Lipinski definition) is 6. The maximum absolute atomic E-state index is 12.2. The molecule has 0 radical (unpaired) electrons. The first-order valence-electron chi connectivity index (χ1n) is 7.02. The van der Waals surface area contributed by atoms with Gasteiger partial charge in [-0.3, -0.25) is 9.59 Å². The third-order valence-corrected chi connectivity index (χ3v) is 3.24. The highest BCUT2D eigenvalue weighted by molar-refractivity contribution is 6.43. The van der Waals surface area contributed by atoms with Gasteiger partial charge in [-0.15, -0.1) is 5.06 Å². The number of rotatable bonds is 4. The first-order chi connectivity index (χ1) is 10.9. The molecule has 0 bridgehead atoms. The number of allylic oxidation sites excluding steroid dienone is 1. The molecule has 1 N–H and O–H groups in total. The predicted molar refractivity (Wildman–Crippen MR) is 81.8 cm³/mol. The fourth-order valence-electron chi connectivity index (χ4n) is 1.94. The zero-order valence-corrected chi connectivity index (χ0v) is 12.8. The van der Waals surface area contributed by atoms with Crippen LogP contribution in [-0.2, 0) is 19.2 Å². The second kappa shape index (κ2) is 6.87. The van der Waals surface area contributed by atoms with Crippen LogP contribution in [0.2, 0.25) is 0 Å². The molecule has 7 nitrogen and oxygen atoms in total. The van der Waals surface area contributed by atoms with Crippen LogP contribution >= 0.6 is 0 Å². The molecule has 23 heavy (non-hydrogen) atoms. The number of para-hydroxylation sites is 1. The van der Waals surface area contributed by atoms with Gasteiger partial charge in [0.15, 0.2) is 5.71 Å². The highest BCUT2D eigenvalue weighted by atomic mass is 16.7. The summed E-state index contributed by atoms with van der Waals surface area (Å²) in [7, 11) is 0. The van der Waals surface area contributed by atoms with E-state index in [1.54, 1.807) is 25.1 Å². The van der Waals surface area contributed by atoms with Gasteiger partial charge in [-0.05, 0) is 31.6 Å². The van der Waals surface area contributed by atoms with Crippen LogP contribution in [0, 0.1) is 6.92 Å². The number of nitrogens with zero attached hydrogens (tertiary/aromatic N) is 2. The summed E-state index contributed by atoms with van der Waals surface area (Å²) in [6, 6.07) is 7.00. The zero-order chi connectivity index (χ0) is 17.0. The van der Waals surface area contributed by atoms with Gasteiger partial charge in [-0.2, -0.15) is 0 Å². The Hall–Kier alpha value is -2.96. The standard InChI is InChI=1S/C16H16N2O5/c1-3-12(19)15(17-11-7-5-4-6-10(11)2)16(22)23-18-13(20)8-9-14(18)21/h3-7,19H,8-9H2,1-2H3/b12-3-,17-15?. The molecule has 1 heterocycles. The van der Waals surface area contributed by atoms with E-state index in [9.17, 15) is 19.5 Å². The van der Waals surface area contributed by atoms with E-state index in [0.29, 0.717) is 10.8 Å². The van der Waals surface area contributed by atoms with E-state index in [-0.39, 0.29) is 18.6 Å². The molecule has 0 aliphatic carbocycles. The van der Waals surface area contributed by atoms with Gasteiger partial charge in [0, 0.05) is 12.8 Å². The number of aryl methyl sites for hydroxylation is 1. The van der Waals surface area contributed by atoms with Crippen molar-refractivity contribution in [3.8, 4) is 0 Å². The molecular weight excluding hydrogens is 300 g/mol. The number of carbonyl (C=O) groups excluding carboxylic acids is 3. The van der Waals surface area contributed by atoms with Crippen molar-refractivity contribution in [2.24, 2.45) is 4.99 Å². The molecule has 0 spiro atoms. The SMILES string of the molecule is C/C=C(\O)C(=Nc1ccccc1C)C(=O)ON1C(=O)CCC1=O. The maximum atomic E-state index is 12.2. The van der Waals surface area contributed by atoms with Crippen molar-refractivity contribution in [3.63, 3.8) is 0 Å².